The number of hydrogen-bond acceptors (Lipinski definition) is 5. The molecule has 1 aromatic heterocycles. The fourth-order valence-electron chi connectivity index (χ4n) is 1.79. The van der Waals surface area contributed by atoms with E-state index in [1.165, 1.54) is 0 Å². The predicted octanol–water partition coefficient (Wildman–Crippen LogP) is 1.56. The van der Waals surface area contributed by atoms with Gasteiger partial charge in [-0.2, -0.15) is 0 Å². The first-order valence-electron chi connectivity index (χ1n) is 6.59. The number of aryl methyl sites for hydroxylation is 1. The maximum absolute atomic E-state index is 5.78. The number of rotatable bonds is 6. The summed E-state index contributed by atoms with van der Waals surface area (Å²) in [6, 6.07) is 5.71. The van der Waals surface area contributed by atoms with Crippen LogP contribution in [0.5, 0.6) is 11.5 Å². The third-order valence-corrected chi connectivity index (χ3v) is 3.08. The van der Waals surface area contributed by atoms with Gasteiger partial charge in [0.05, 0.1) is 6.61 Å². The van der Waals surface area contributed by atoms with Crippen LogP contribution in [0.3, 0.4) is 0 Å². The number of ether oxygens (including phenoxy) is 2. The molecule has 0 bridgehead atoms. The van der Waals surface area contributed by atoms with E-state index in [2.05, 4.69) is 10.2 Å². The molecule has 0 saturated heterocycles. The molecule has 0 aliphatic carbocycles. The molecule has 0 saturated carbocycles. The molecule has 2 rings (SSSR count). The Labute approximate surface area is 118 Å². The van der Waals surface area contributed by atoms with Crippen molar-refractivity contribution in [2.24, 2.45) is 12.8 Å². The van der Waals surface area contributed by atoms with Crippen LogP contribution in [0.4, 0.5) is 0 Å². The van der Waals surface area contributed by atoms with Gasteiger partial charge in [0.15, 0.2) is 17.3 Å². The molecule has 2 aromatic rings. The molecule has 0 radical (unpaired) electrons. The van der Waals surface area contributed by atoms with Crippen molar-refractivity contribution in [2.75, 3.05) is 6.61 Å². The lowest BCUT2D eigenvalue weighted by Gasteiger charge is -2.12. The van der Waals surface area contributed by atoms with Crippen LogP contribution in [0.25, 0.3) is 0 Å². The quantitative estimate of drug-likeness (QED) is 0.866. The molecular formula is C14H20N4O2. The van der Waals surface area contributed by atoms with Crippen LogP contribution in [0, 0.1) is 6.92 Å². The average Bonchev–Trinajstić information content (AvgIpc) is 2.78. The summed E-state index contributed by atoms with van der Waals surface area (Å²) in [5.74, 6) is 3.01. The zero-order valence-corrected chi connectivity index (χ0v) is 12.1. The van der Waals surface area contributed by atoms with Gasteiger partial charge in [0.25, 0.3) is 0 Å². The van der Waals surface area contributed by atoms with Gasteiger partial charge >= 0.3 is 0 Å². The van der Waals surface area contributed by atoms with E-state index in [1.807, 2.05) is 43.7 Å². The van der Waals surface area contributed by atoms with Crippen molar-refractivity contribution in [1.82, 2.24) is 14.8 Å². The smallest absolute Gasteiger partial charge is 0.170 e. The highest BCUT2D eigenvalue weighted by Gasteiger charge is 2.09. The van der Waals surface area contributed by atoms with E-state index in [0.717, 1.165) is 17.2 Å². The Morgan fingerprint density at radius 3 is 2.60 bits per heavy atom. The van der Waals surface area contributed by atoms with Crippen LogP contribution in [-0.4, -0.2) is 21.4 Å². The summed E-state index contributed by atoms with van der Waals surface area (Å²) in [6.45, 7) is 5.23. The highest BCUT2D eigenvalue weighted by atomic mass is 16.5. The average molecular weight is 276 g/mol. The second-order valence-electron chi connectivity index (χ2n) is 4.43. The van der Waals surface area contributed by atoms with Gasteiger partial charge in [-0.15, -0.1) is 10.2 Å². The van der Waals surface area contributed by atoms with Crippen LogP contribution in [0.15, 0.2) is 18.2 Å². The van der Waals surface area contributed by atoms with Gasteiger partial charge in [-0.3, -0.25) is 0 Å². The Balaban J connectivity index is 2.14. The fourth-order valence-corrected chi connectivity index (χ4v) is 1.79. The van der Waals surface area contributed by atoms with E-state index in [9.17, 15) is 0 Å². The highest BCUT2D eigenvalue weighted by Crippen LogP contribution is 2.29. The third-order valence-electron chi connectivity index (χ3n) is 3.08. The van der Waals surface area contributed by atoms with E-state index >= 15 is 0 Å². The van der Waals surface area contributed by atoms with Gasteiger partial charge in [-0.1, -0.05) is 6.07 Å². The van der Waals surface area contributed by atoms with Gasteiger partial charge in [-0.25, -0.2) is 0 Å². The number of hydrogen-bond donors (Lipinski definition) is 1. The van der Waals surface area contributed by atoms with Gasteiger partial charge in [0.1, 0.15) is 12.4 Å². The molecular weight excluding hydrogens is 256 g/mol. The lowest BCUT2D eigenvalue weighted by atomic mass is 10.2. The first kappa shape index (κ1) is 14.3. The number of benzene rings is 1. The summed E-state index contributed by atoms with van der Waals surface area (Å²) < 4.78 is 13.3. The normalized spacial score (nSPS) is 10.6. The summed E-state index contributed by atoms with van der Waals surface area (Å²) >= 11 is 0. The summed E-state index contributed by atoms with van der Waals surface area (Å²) in [5, 5.41) is 8.07. The standard InChI is InChI=1S/C14H20N4O2/c1-4-19-13-7-11(8-15)5-6-12(13)20-9-14-17-16-10(2)18(14)3/h5-7H,4,8-9,15H2,1-3H3. The minimum atomic E-state index is 0.347. The molecule has 6 heteroatoms. The summed E-state index contributed by atoms with van der Waals surface area (Å²) in [6.07, 6.45) is 0. The maximum atomic E-state index is 5.78. The van der Waals surface area contributed by atoms with Gasteiger partial charge < -0.3 is 19.8 Å². The summed E-state index contributed by atoms with van der Waals surface area (Å²) in [5.41, 5.74) is 6.64. The Bertz CT molecular complexity index is 581. The van der Waals surface area contributed by atoms with E-state index in [4.69, 9.17) is 15.2 Å². The molecule has 0 aliphatic rings. The maximum Gasteiger partial charge on any atom is 0.170 e. The molecule has 108 valence electrons. The first-order chi connectivity index (χ1) is 9.65. The van der Waals surface area contributed by atoms with Crippen molar-refractivity contribution >= 4 is 0 Å². The summed E-state index contributed by atoms with van der Waals surface area (Å²) in [7, 11) is 1.91. The molecule has 20 heavy (non-hydrogen) atoms. The SMILES string of the molecule is CCOc1cc(CN)ccc1OCc1nnc(C)n1C. The molecule has 0 spiro atoms. The fraction of sp³-hybridized carbons (Fsp3) is 0.429. The second kappa shape index (κ2) is 6.38. The molecule has 0 amide bonds. The van der Waals surface area contributed by atoms with Gasteiger partial charge in [0, 0.05) is 13.6 Å². The monoisotopic (exact) mass is 276 g/mol. The van der Waals surface area contributed by atoms with Crippen molar-refractivity contribution in [1.29, 1.82) is 0 Å². The molecule has 0 aliphatic heterocycles. The molecule has 1 heterocycles. The third kappa shape index (κ3) is 3.08. The molecule has 0 unspecified atom stereocenters. The van der Waals surface area contributed by atoms with Crippen LogP contribution in [0.1, 0.15) is 24.1 Å². The van der Waals surface area contributed by atoms with Crippen LogP contribution < -0.4 is 15.2 Å². The van der Waals surface area contributed by atoms with Crippen molar-refractivity contribution in [2.45, 2.75) is 27.0 Å². The van der Waals surface area contributed by atoms with E-state index in [1.54, 1.807) is 0 Å². The number of nitrogens with zero attached hydrogens (tertiary/aromatic N) is 3. The predicted molar refractivity (Wildman–Crippen MR) is 75.6 cm³/mol. The van der Waals surface area contributed by atoms with Crippen LogP contribution in [-0.2, 0) is 20.2 Å². The number of aromatic nitrogens is 3. The molecule has 2 N–H and O–H groups in total. The van der Waals surface area contributed by atoms with Gasteiger partial charge in [0.2, 0.25) is 0 Å². The van der Waals surface area contributed by atoms with Crippen LogP contribution >= 0.6 is 0 Å². The van der Waals surface area contributed by atoms with Crippen molar-refractivity contribution in [3.8, 4) is 11.5 Å². The topological polar surface area (TPSA) is 75.2 Å². The largest absolute Gasteiger partial charge is 0.490 e. The van der Waals surface area contributed by atoms with E-state index in [0.29, 0.717) is 31.3 Å². The Hall–Kier alpha value is -2.08. The zero-order chi connectivity index (χ0) is 14.5. The lowest BCUT2D eigenvalue weighted by Crippen LogP contribution is -2.06. The Morgan fingerprint density at radius 2 is 2.00 bits per heavy atom. The molecule has 0 fully saturated rings. The van der Waals surface area contributed by atoms with E-state index < -0.39 is 0 Å². The molecule has 0 atom stereocenters. The van der Waals surface area contributed by atoms with Crippen LogP contribution in [0.2, 0.25) is 0 Å². The van der Waals surface area contributed by atoms with Crippen molar-refractivity contribution < 1.29 is 9.47 Å². The number of nitrogens with two attached hydrogens (primary N) is 1. The Morgan fingerprint density at radius 1 is 1.20 bits per heavy atom. The highest BCUT2D eigenvalue weighted by molar-refractivity contribution is 5.43. The zero-order valence-electron chi connectivity index (χ0n) is 12.1. The minimum Gasteiger partial charge on any atom is -0.490 e. The van der Waals surface area contributed by atoms with Crippen molar-refractivity contribution in [3.63, 3.8) is 0 Å². The molecule has 6 nitrogen and oxygen atoms in total. The van der Waals surface area contributed by atoms with Crippen molar-refractivity contribution in [3.05, 3.63) is 35.4 Å². The second-order valence-corrected chi connectivity index (χ2v) is 4.43. The lowest BCUT2D eigenvalue weighted by molar-refractivity contribution is 0.260. The Kier molecular flexibility index (Phi) is 4.57. The summed E-state index contributed by atoms with van der Waals surface area (Å²) in [4.78, 5) is 0. The first-order valence-corrected chi connectivity index (χ1v) is 6.59. The molecule has 1 aromatic carbocycles. The van der Waals surface area contributed by atoms with Gasteiger partial charge in [-0.05, 0) is 31.5 Å². The van der Waals surface area contributed by atoms with E-state index in [-0.39, 0.29) is 0 Å². The minimum absolute atomic E-state index is 0.347.